The molecule has 0 radical (unpaired) electrons. The van der Waals surface area contributed by atoms with E-state index < -0.39 is 17.7 Å². The molecular weight excluding hydrogens is 476 g/mol. The molecule has 0 fully saturated rings. The van der Waals surface area contributed by atoms with Crippen LogP contribution in [0, 0.1) is 13.8 Å². The van der Waals surface area contributed by atoms with Crippen molar-refractivity contribution in [3.8, 4) is 0 Å². The van der Waals surface area contributed by atoms with Gasteiger partial charge in [-0.2, -0.15) is 0 Å². The molecule has 3 N–H and O–H groups in total. The molecule has 0 unspecified atom stereocenters. The normalized spacial score (nSPS) is 10.8. The van der Waals surface area contributed by atoms with Gasteiger partial charge in [-0.1, -0.05) is 34.1 Å². The summed E-state index contributed by atoms with van der Waals surface area (Å²) < 4.78 is 7.09. The number of carbonyl (C=O) groups is 3. The number of rotatable bonds is 7. The Morgan fingerprint density at radius 3 is 2.44 bits per heavy atom. The van der Waals surface area contributed by atoms with Gasteiger partial charge in [0.25, 0.3) is 5.91 Å². The van der Waals surface area contributed by atoms with E-state index in [1.807, 2.05) is 38.1 Å². The summed E-state index contributed by atoms with van der Waals surface area (Å²) in [5, 5.41) is 6.19. The summed E-state index contributed by atoms with van der Waals surface area (Å²) in [5.74, 6) is -2.07. The monoisotopic (exact) mass is 500 g/mol. The Hall–Kier alpha value is -3.17. The Balaban J connectivity index is 1.89. The molecular formula is C23H25BrN4O4. The fraction of sp³-hybridized carbons (Fsp3) is 0.261. The van der Waals surface area contributed by atoms with Gasteiger partial charge in [-0.15, -0.1) is 0 Å². The van der Waals surface area contributed by atoms with Crippen molar-refractivity contribution < 1.29 is 19.1 Å². The van der Waals surface area contributed by atoms with Crippen molar-refractivity contribution in [1.29, 1.82) is 0 Å². The standard InChI is InChI=1S/C23H25BrN4O4/c1-14-6-4-7-15(2)20(14)26-21(29)19-13-16-12-17(24)8-9-18(16)28(19)27-23(31)22(30)25-10-5-11-32-3/h4,6-9,12-13H,5,10-11H2,1-3H3,(H,25,30)(H,26,29)(H,27,31). The van der Waals surface area contributed by atoms with Crippen molar-refractivity contribution in [2.45, 2.75) is 20.3 Å². The van der Waals surface area contributed by atoms with Crippen molar-refractivity contribution in [1.82, 2.24) is 9.99 Å². The lowest BCUT2D eigenvalue weighted by Crippen LogP contribution is -2.40. The molecule has 3 amide bonds. The fourth-order valence-corrected chi connectivity index (χ4v) is 3.69. The van der Waals surface area contributed by atoms with Crippen LogP contribution < -0.4 is 16.1 Å². The van der Waals surface area contributed by atoms with Gasteiger partial charge < -0.3 is 15.4 Å². The molecule has 168 valence electrons. The van der Waals surface area contributed by atoms with E-state index in [0.29, 0.717) is 30.8 Å². The molecule has 0 aliphatic rings. The smallest absolute Gasteiger partial charge is 0.328 e. The third kappa shape index (κ3) is 5.35. The predicted molar refractivity (Wildman–Crippen MR) is 127 cm³/mol. The number of carbonyl (C=O) groups excluding carboxylic acids is 3. The van der Waals surface area contributed by atoms with Crippen molar-refractivity contribution in [2.24, 2.45) is 0 Å². The molecule has 2 aromatic carbocycles. The lowest BCUT2D eigenvalue weighted by molar-refractivity contribution is -0.136. The number of fused-ring (bicyclic) bond motifs is 1. The van der Waals surface area contributed by atoms with Crippen molar-refractivity contribution in [2.75, 3.05) is 31.0 Å². The average Bonchev–Trinajstić information content (AvgIpc) is 3.11. The van der Waals surface area contributed by atoms with Crippen LogP contribution in [0.15, 0.2) is 46.9 Å². The first kappa shape index (κ1) is 23.5. The highest BCUT2D eigenvalue weighted by molar-refractivity contribution is 9.10. The number of ether oxygens (including phenoxy) is 1. The third-order valence-corrected chi connectivity index (χ3v) is 5.44. The summed E-state index contributed by atoms with van der Waals surface area (Å²) in [7, 11) is 1.56. The van der Waals surface area contributed by atoms with Crippen LogP contribution in [-0.2, 0) is 14.3 Å². The lowest BCUT2D eigenvalue weighted by atomic mass is 10.1. The number of hydrogen-bond acceptors (Lipinski definition) is 4. The molecule has 3 aromatic rings. The molecule has 9 heteroatoms. The van der Waals surface area contributed by atoms with Gasteiger partial charge >= 0.3 is 11.8 Å². The summed E-state index contributed by atoms with van der Waals surface area (Å²) in [5.41, 5.74) is 5.87. The lowest BCUT2D eigenvalue weighted by Gasteiger charge is -2.14. The molecule has 0 aliphatic heterocycles. The maximum atomic E-state index is 13.2. The maximum Gasteiger partial charge on any atom is 0.328 e. The topological polar surface area (TPSA) is 101 Å². The maximum absolute atomic E-state index is 13.2. The highest BCUT2D eigenvalue weighted by Crippen LogP contribution is 2.25. The van der Waals surface area contributed by atoms with E-state index in [-0.39, 0.29) is 5.69 Å². The molecule has 0 saturated heterocycles. The van der Waals surface area contributed by atoms with E-state index in [0.717, 1.165) is 21.0 Å². The van der Waals surface area contributed by atoms with E-state index in [1.54, 1.807) is 25.3 Å². The van der Waals surface area contributed by atoms with Crippen LogP contribution >= 0.6 is 15.9 Å². The zero-order valence-corrected chi connectivity index (χ0v) is 19.7. The van der Waals surface area contributed by atoms with Crippen molar-refractivity contribution >= 4 is 50.2 Å². The summed E-state index contributed by atoms with van der Waals surface area (Å²) in [6.45, 7) is 4.59. The summed E-state index contributed by atoms with van der Waals surface area (Å²) >= 11 is 3.42. The number of nitrogens with one attached hydrogen (secondary N) is 3. The molecule has 32 heavy (non-hydrogen) atoms. The summed E-state index contributed by atoms with van der Waals surface area (Å²) in [4.78, 5) is 37.9. The van der Waals surface area contributed by atoms with E-state index in [2.05, 4.69) is 32.0 Å². The number of amides is 3. The van der Waals surface area contributed by atoms with Crippen molar-refractivity contribution in [3.05, 3.63) is 63.8 Å². The number of halogens is 1. The first-order valence-electron chi connectivity index (χ1n) is 10.1. The fourth-order valence-electron chi connectivity index (χ4n) is 3.31. The molecule has 0 aliphatic carbocycles. The minimum atomic E-state index is -0.871. The van der Waals surface area contributed by atoms with E-state index >= 15 is 0 Å². The number of nitrogens with zero attached hydrogens (tertiary/aromatic N) is 1. The van der Waals surface area contributed by atoms with Gasteiger partial charge in [0.05, 0.1) is 5.52 Å². The Morgan fingerprint density at radius 2 is 1.75 bits per heavy atom. The number of para-hydroxylation sites is 1. The van der Waals surface area contributed by atoms with E-state index in [4.69, 9.17) is 4.74 Å². The highest BCUT2D eigenvalue weighted by Gasteiger charge is 2.21. The minimum absolute atomic E-state index is 0.196. The first-order valence-corrected chi connectivity index (χ1v) is 10.9. The van der Waals surface area contributed by atoms with Gasteiger partial charge in [0, 0.05) is 35.8 Å². The van der Waals surface area contributed by atoms with Crippen LogP contribution in [0.3, 0.4) is 0 Å². The van der Waals surface area contributed by atoms with Crippen LogP contribution in [-0.4, -0.2) is 42.7 Å². The van der Waals surface area contributed by atoms with Gasteiger partial charge in [-0.05, 0) is 55.7 Å². The second-order valence-electron chi connectivity index (χ2n) is 7.33. The molecule has 8 nitrogen and oxygen atoms in total. The number of benzene rings is 2. The zero-order chi connectivity index (χ0) is 23.3. The van der Waals surface area contributed by atoms with Gasteiger partial charge in [0.1, 0.15) is 5.69 Å². The average molecular weight is 501 g/mol. The number of aryl methyl sites for hydroxylation is 2. The van der Waals surface area contributed by atoms with Gasteiger partial charge in [-0.3, -0.25) is 19.8 Å². The Morgan fingerprint density at radius 1 is 1.03 bits per heavy atom. The molecule has 1 aromatic heterocycles. The molecule has 0 bridgehead atoms. The van der Waals surface area contributed by atoms with Gasteiger partial charge in [0.15, 0.2) is 0 Å². The number of anilines is 1. The molecule has 0 atom stereocenters. The Labute approximate surface area is 194 Å². The molecule has 1 heterocycles. The van der Waals surface area contributed by atoms with Crippen molar-refractivity contribution in [3.63, 3.8) is 0 Å². The van der Waals surface area contributed by atoms with Gasteiger partial charge in [0.2, 0.25) is 0 Å². The van der Waals surface area contributed by atoms with Crippen LogP contribution in [0.4, 0.5) is 5.69 Å². The SMILES string of the molecule is COCCCNC(=O)C(=O)Nn1c(C(=O)Nc2c(C)cccc2C)cc2cc(Br)ccc21. The minimum Gasteiger partial charge on any atom is -0.385 e. The van der Waals surface area contributed by atoms with Gasteiger partial charge in [-0.25, -0.2) is 4.68 Å². The largest absolute Gasteiger partial charge is 0.385 e. The predicted octanol–water partition coefficient (Wildman–Crippen LogP) is 3.50. The number of aromatic nitrogens is 1. The summed E-state index contributed by atoms with van der Waals surface area (Å²) in [6.07, 6.45) is 0.583. The zero-order valence-electron chi connectivity index (χ0n) is 18.1. The second kappa shape index (κ2) is 10.4. The van der Waals surface area contributed by atoms with Crippen LogP contribution in [0.25, 0.3) is 10.9 Å². The third-order valence-electron chi connectivity index (χ3n) is 4.95. The summed E-state index contributed by atoms with van der Waals surface area (Å²) in [6, 6.07) is 12.8. The van der Waals surface area contributed by atoms with Crippen LogP contribution in [0.5, 0.6) is 0 Å². The molecule has 0 saturated carbocycles. The quantitative estimate of drug-likeness (QED) is 0.341. The Kier molecular flexibility index (Phi) is 7.66. The van der Waals surface area contributed by atoms with Crippen LogP contribution in [0.2, 0.25) is 0 Å². The van der Waals surface area contributed by atoms with Crippen LogP contribution in [0.1, 0.15) is 28.0 Å². The molecule has 3 rings (SSSR count). The molecule has 0 spiro atoms. The number of methoxy groups -OCH3 is 1. The Bertz CT molecular complexity index is 1150. The van der Waals surface area contributed by atoms with E-state index in [1.165, 1.54) is 4.68 Å². The number of hydrogen-bond donors (Lipinski definition) is 3. The first-order chi connectivity index (χ1) is 15.3. The van der Waals surface area contributed by atoms with E-state index in [9.17, 15) is 14.4 Å². The highest BCUT2D eigenvalue weighted by atomic mass is 79.9. The second-order valence-corrected chi connectivity index (χ2v) is 8.25.